The highest BCUT2D eigenvalue weighted by Crippen LogP contribution is 2.20. The van der Waals surface area contributed by atoms with Crippen LogP contribution in [0.25, 0.3) is 0 Å². The maximum absolute atomic E-state index is 13.2. The number of carbonyl (C=O) groups is 1. The zero-order valence-electron chi connectivity index (χ0n) is 11.3. The lowest BCUT2D eigenvalue weighted by atomic mass is 10.0. The number of cyclic esters (lactones) is 1. The molecule has 0 bridgehead atoms. The van der Waals surface area contributed by atoms with E-state index in [-0.39, 0.29) is 11.9 Å². The first kappa shape index (κ1) is 14.4. The van der Waals surface area contributed by atoms with E-state index in [4.69, 9.17) is 4.74 Å². The number of rotatable bonds is 3. The summed E-state index contributed by atoms with van der Waals surface area (Å²) >= 11 is 0. The lowest BCUT2D eigenvalue weighted by Gasteiger charge is -2.14. The van der Waals surface area contributed by atoms with E-state index in [0.29, 0.717) is 29.9 Å². The Bertz CT molecular complexity index is 594. The van der Waals surface area contributed by atoms with Crippen LogP contribution in [0.2, 0.25) is 0 Å². The van der Waals surface area contributed by atoms with Crippen LogP contribution < -0.4 is 0 Å². The van der Waals surface area contributed by atoms with Crippen molar-refractivity contribution in [1.82, 2.24) is 0 Å². The van der Waals surface area contributed by atoms with Crippen molar-refractivity contribution in [2.75, 3.05) is 6.61 Å². The number of benzene rings is 1. The number of halogens is 2. The van der Waals surface area contributed by atoms with Crippen LogP contribution in [0.4, 0.5) is 8.78 Å². The fraction of sp³-hybridized carbons (Fsp3) is 0.333. The van der Waals surface area contributed by atoms with Gasteiger partial charge in [-0.1, -0.05) is 13.0 Å². The first-order valence-electron chi connectivity index (χ1n) is 6.35. The van der Waals surface area contributed by atoms with Crippen molar-refractivity contribution >= 4 is 12.2 Å². The number of hydrogen-bond donors (Lipinski definition) is 0. The Morgan fingerprint density at radius 3 is 2.80 bits per heavy atom. The van der Waals surface area contributed by atoms with Gasteiger partial charge in [-0.3, -0.25) is 4.99 Å². The Hall–Kier alpha value is -2.04. The summed E-state index contributed by atoms with van der Waals surface area (Å²) in [5, 5.41) is 0. The fourth-order valence-electron chi connectivity index (χ4n) is 1.90. The van der Waals surface area contributed by atoms with E-state index in [1.165, 1.54) is 6.07 Å². The molecule has 1 aromatic carbocycles. The Kier molecular flexibility index (Phi) is 4.27. The van der Waals surface area contributed by atoms with Gasteiger partial charge in [0.1, 0.15) is 0 Å². The molecule has 1 aliphatic rings. The minimum absolute atomic E-state index is 0.177. The molecule has 0 radical (unpaired) electrons. The molecule has 0 amide bonds. The van der Waals surface area contributed by atoms with Gasteiger partial charge in [0.05, 0.1) is 17.9 Å². The van der Waals surface area contributed by atoms with E-state index in [1.807, 2.05) is 6.92 Å². The Morgan fingerprint density at radius 1 is 1.35 bits per heavy atom. The minimum Gasteiger partial charge on any atom is -0.462 e. The van der Waals surface area contributed by atoms with Gasteiger partial charge in [-0.15, -0.1) is 0 Å². The molecule has 3 nitrogen and oxygen atoms in total. The highest BCUT2D eigenvalue weighted by molar-refractivity contribution is 5.89. The third-order valence-corrected chi connectivity index (χ3v) is 3.23. The summed E-state index contributed by atoms with van der Waals surface area (Å²) in [4.78, 5) is 15.6. The predicted molar refractivity (Wildman–Crippen MR) is 71.5 cm³/mol. The molecule has 1 unspecified atom stereocenters. The summed E-state index contributed by atoms with van der Waals surface area (Å²) in [7, 11) is 0. The van der Waals surface area contributed by atoms with E-state index < -0.39 is 11.6 Å². The van der Waals surface area contributed by atoms with Gasteiger partial charge in [-0.05, 0) is 24.6 Å². The topological polar surface area (TPSA) is 38.7 Å². The monoisotopic (exact) mass is 279 g/mol. The Balaban J connectivity index is 2.16. The van der Waals surface area contributed by atoms with Gasteiger partial charge in [0.15, 0.2) is 11.6 Å². The second kappa shape index (κ2) is 5.94. The van der Waals surface area contributed by atoms with E-state index in [1.54, 1.807) is 13.1 Å². The van der Waals surface area contributed by atoms with Crippen molar-refractivity contribution in [3.63, 3.8) is 0 Å². The van der Waals surface area contributed by atoms with Crippen molar-refractivity contribution in [1.29, 1.82) is 0 Å². The molecule has 20 heavy (non-hydrogen) atoms. The van der Waals surface area contributed by atoms with Gasteiger partial charge >= 0.3 is 5.97 Å². The molecule has 0 aliphatic carbocycles. The molecule has 0 N–H and O–H groups in total. The van der Waals surface area contributed by atoms with Crippen molar-refractivity contribution < 1.29 is 18.3 Å². The smallest absolute Gasteiger partial charge is 0.335 e. The largest absolute Gasteiger partial charge is 0.462 e. The molecule has 5 heteroatoms. The molecule has 1 heterocycles. The van der Waals surface area contributed by atoms with Gasteiger partial charge in [-0.2, -0.15) is 0 Å². The zero-order chi connectivity index (χ0) is 14.7. The quantitative estimate of drug-likeness (QED) is 0.628. The number of nitrogens with zero attached hydrogens (tertiary/aromatic N) is 1. The van der Waals surface area contributed by atoms with Gasteiger partial charge in [0.25, 0.3) is 0 Å². The summed E-state index contributed by atoms with van der Waals surface area (Å²) in [5.74, 6) is -2.28. The summed E-state index contributed by atoms with van der Waals surface area (Å²) in [6.45, 7) is 3.81. The maximum Gasteiger partial charge on any atom is 0.335 e. The molecule has 0 fully saturated rings. The van der Waals surface area contributed by atoms with Gasteiger partial charge in [0.2, 0.25) is 0 Å². The summed E-state index contributed by atoms with van der Waals surface area (Å²) in [6, 6.07) is 3.77. The molecule has 1 aliphatic heterocycles. The molecule has 0 saturated heterocycles. The molecule has 106 valence electrons. The van der Waals surface area contributed by atoms with Crippen LogP contribution in [0.3, 0.4) is 0 Å². The van der Waals surface area contributed by atoms with Crippen molar-refractivity contribution in [2.24, 2.45) is 4.99 Å². The maximum atomic E-state index is 13.2. The van der Waals surface area contributed by atoms with E-state index >= 15 is 0 Å². The van der Waals surface area contributed by atoms with Crippen LogP contribution in [-0.4, -0.2) is 18.8 Å². The standard InChI is InChI=1S/C15H15F2NO2/c1-9(11-3-4-12(16)13(17)7-11)8-18-14-5-6-20-15(19)10(14)2/h3-4,7-9H,5-6H2,1-2H3. The molecule has 1 atom stereocenters. The van der Waals surface area contributed by atoms with Crippen molar-refractivity contribution in [3.8, 4) is 0 Å². The number of esters is 1. The molecule has 1 aromatic rings. The molecule has 0 aromatic heterocycles. The second-order valence-electron chi connectivity index (χ2n) is 4.70. The SMILES string of the molecule is CC1=C(N=CC(C)c2ccc(F)c(F)c2)CCOC1=O. The van der Waals surface area contributed by atoms with Crippen LogP contribution in [0.1, 0.15) is 31.7 Å². The highest BCUT2D eigenvalue weighted by Gasteiger charge is 2.17. The van der Waals surface area contributed by atoms with Crippen LogP contribution in [0.5, 0.6) is 0 Å². The fourth-order valence-corrected chi connectivity index (χ4v) is 1.90. The highest BCUT2D eigenvalue weighted by atomic mass is 19.2. The third-order valence-electron chi connectivity index (χ3n) is 3.23. The lowest BCUT2D eigenvalue weighted by Crippen LogP contribution is -2.15. The van der Waals surface area contributed by atoms with E-state index in [2.05, 4.69) is 4.99 Å². The molecular formula is C15H15F2NO2. The van der Waals surface area contributed by atoms with E-state index in [0.717, 1.165) is 12.1 Å². The van der Waals surface area contributed by atoms with Crippen LogP contribution in [0.15, 0.2) is 34.5 Å². The molecule has 0 spiro atoms. The summed E-state index contributed by atoms with van der Waals surface area (Å²) < 4.78 is 30.9. The first-order chi connectivity index (χ1) is 9.49. The van der Waals surface area contributed by atoms with Gasteiger partial charge in [-0.25, -0.2) is 13.6 Å². The molecule has 0 saturated carbocycles. The second-order valence-corrected chi connectivity index (χ2v) is 4.70. The average molecular weight is 279 g/mol. The van der Waals surface area contributed by atoms with Crippen LogP contribution in [-0.2, 0) is 9.53 Å². The average Bonchev–Trinajstić information content (AvgIpc) is 2.43. The number of ether oxygens (including phenoxy) is 1. The Morgan fingerprint density at radius 2 is 2.10 bits per heavy atom. The van der Waals surface area contributed by atoms with Crippen LogP contribution >= 0.6 is 0 Å². The third kappa shape index (κ3) is 3.10. The summed E-state index contributed by atoms with van der Waals surface area (Å²) in [5.41, 5.74) is 1.80. The normalized spacial score (nSPS) is 17.5. The lowest BCUT2D eigenvalue weighted by molar-refractivity contribution is -0.140. The molecule has 2 rings (SSSR count). The number of carbonyl (C=O) groups excluding carboxylic acids is 1. The van der Waals surface area contributed by atoms with Gasteiger partial charge in [0, 0.05) is 18.6 Å². The first-order valence-corrected chi connectivity index (χ1v) is 6.35. The van der Waals surface area contributed by atoms with Crippen LogP contribution in [0, 0.1) is 11.6 Å². The molecular weight excluding hydrogens is 264 g/mol. The number of hydrogen-bond acceptors (Lipinski definition) is 3. The predicted octanol–water partition coefficient (Wildman–Crippen LogP) is 3.36. The number of aliphatic imine (C=N–C) groups is 1. The zero-order valence-corrected chi connectivity index (χ0v) is 11.3. The minimum atomic E-state index is -0.876. The van der Waals surface area contributed by atoms with Crippen molar-refractivity contribution in [2.45, 2.75) is 26.2 Å². The Labute approximate surface area is 116 Å². The summed E-state index contributed by atoms with van der Waals surface area (Å²) in [6.07, 6.45) is 2.20. The van der Waals surface area contributed by atoms with E-state index in [9.17, 15) is 13.6 Å². The van der Waals surface area contributed by atoms with Crippen molar-refractivity contribution in [3.05, 3.63) is 46.7 Å². The van der Waals surface area contributed by atoms with Gasteiger partial charge < -0.3 is 4.74 Å².